The van der Waals surface area contributed by atoms with Crippen molar-refractivity contribution in [2.24, 2.45) is 16.1 Å². The number of hydrogen-bond donors (Lipinski definition) is 3. The number of rotatable bonds is 6. The zero-order valence-electron chi connectivity index (χ0n) is 9.51. The van der Waals surface area contributed by atoms with Gasteiger partial charge < -0.3 is 5.73 Å². The Hall–Kier alpha value is -0.770. The van der Waals surface area contributed by atoms with Crippen LogP contribution < -0.4 is 11.2 Å². The molecule has 0 radical (unpaired) electrons. The van der Waals surface area contributed by atoms with E-state index in [9.17, 15) is 0 Å². The SMILES string of the molecule is CCCCCC(C)(C)CN=C(N)NO. The van der Waals surface area contributed by atoms with Gasteiger partial charge in [0.1, 0.15) is 0 Å². The summed E-state index contributed by atoms with van der Waals surface area (Å²) >= 11 is 0. The van der Waals surface area contributed by atoms with E-state index >= 15 is 0 Å². The van der Waals surface area contributed by atoms with E-state index in [1.807, 2.05) is 5.48 Å². The van der Waals surface area contributed by atoms with Gasteiger partial charge in [0.15, 0.2) is 0 Å². The summed E-state index contributed by atoms with van der Waals surface area (Å²) in [6.45, 7) is 7.17. The van der Waals surface area contributed by atoms with E-state index in [1.165, 1.54) is 19.3 Å². The van der Waals surface area contributed by atoms with Gasteiger partial charge in [-0.25, -0.2) is 5.48 Å². The molecule has 0 atom stereocenters. The molecule has 0 aliphatic rings. The number of nitrogens with one attached hydrogen (secondary N) is 1. The molecule has 0 saturated carbocycles. The van der Waals surface area contributed by atoms with Gasteiger partial charge in [0.05, 0.1) is 0 Å². The number of nitrogens with two attached hydrogens (primary N) is 1. The standard InChI is InChI=1S/C10H23N3O/c1-4-5-6-7-10(2,3)8-12-9(11)13-14/h14H,4-8H2,1-3H3,(H3,11,12,13). The van der Waals surface area contributed by atoms with Crippen LogP contribution in [0.15, 0.2) is 4.99 Å². The minimum Gasteiger partial charge on any atom is -0.368 e. The fourth-order valence-corrected chi connectivity index (χ4v) is 1.27. The van der Waals surface area contributed by atoms with E-state index in [0.717, 1.165) is 6.42 Å². The molecule has 0 aromatic carbocycles. The van der Waals surface area contributed by atoms with Crippen LogP contribution in [0.5, 0.6) is 0 Å². The number of guanidine groups is 1. The zero-order valence-corrected chi connectivity index (χ0v) is 9.51. The molecule has 0 aromatic heterocycles. The first-order valence-corrected chi connectivity index (χ1v) is 5.22. The molecule has 0 heterocycles. The zero-order chi connectivity index (χ0) is 11.0. The van der Waals surface area contributed by atoms with Gasteiger partial charge in [0.2, 0.25) is 5.96 Å². The minimum absolute atomic E-state index is 0.0913. The van der Waals surface area contributed by atoms with Crippen molar-refractivity contribution in [1.29, 1.82) is 0 Å². The molecular formula is C10H23N3O. The summed E-state index contributed by atoms with van der Waals surface area (Å²) in [5, 5.41) is 8.44. The Labute approximate surface area is 86.6 Å². The average molecular weight is 201 g/mol. The molecule has 14 heavy (non-hydrogen) atoms. The van der Waals surface area contributed by atoms with Crippen molar-refractivity contribution in [1.82, 2.24) is 5.48 Å². The molecule has 4 N–H and O–H groups in total. The molecule has 0 aliphatic heterocycles. The van der Waals surface area contributed by atoms with E-state index in [0.29, 0.717) is 6.54 Å². The Balaban J connectivity index is 3.82. The quantitative estimate of drug-likeness (QED) is 0.266. The third kappa shape index (κ3) is 6.71. The van der Waals surface area contributed by atoms with Crippen molar-refractivity contribution in [2.75, 3.05) is 6.54 Å². The summed E-state index contributed by atoms with van der Waals surface area (Å²) in [5.41, 5.74) is 7.32. The minimum atomic E-state index is 0.0913. The number of hydrogen-bond acceptors (Lipinski definition) is 2. The summed E-state index contributed by atoms with van der Waals surface area (Å²) in [6, 6.07) is 0. The maximum absolute atomic E-state index is 8.44. The molecule has 0 spiro atoms. The molecule has 0 amide bonds. The van der Waals surface area contributed by atoms with Crippen LogP contribution in [0.3, 0.4) is 0 Å². The van der Waals surface area contributed by atoms with Crippen LogP contribution in [-0.2, 0) is 0 Å². The molecular weight excluding hydrogens is 178 g/mol. The van der Waals surface area contributed by atoms with E-state index in [-0.39, 0.29) is 11.4 Å². The van der Waals surface area contributed by atoms with Gasteiger partial charge in [-0.1, -0.05) is 40.0 Å². The lowest BCUT2D eigenvalue weighted by Gasteiger charge is -2.22. The molecule has 0 rings (SSSR count). The van der Waals surface area contributed by atoms with Gasteiger partial charge in [0, 0.05) is 6.54 Å². The molecule has 0 fully saturated rings. The number of hydroxylamine groups is 1. The molecule has 4 heteroatoms. The van der Waals surface area contributed by atoms with Crippen LogP contribution in [0.2, 0.25) is 0 Å². The first kappa shape index (κ1) is 13.2. The molecule has 0 saturated heterocycles. The van der Waals surface area contributed by atoms with E-state index in [2.05, 4.69) is 25.8 Å². The summed E-state index contributed by atoms with van der Waals surface area (Å²) in [4.78, 5) is 4.03. The summed E-state index contributed by atoms with van der Waals surface area (Å²) < 4.78 is 0. The highest BCUT2D eigenvalue weighted by atomic mass is 16.5. The van der Waals surface area contributed by atoms with Gasteiger partial charge in [-0.2, -0.15) is 0 Å². The second-order valence-corrected chi connectivity index (χ2v) is 4.43. The normalized spacial score (nSPS) is 13.0. The molecule has 0 unspecified atom stereocenters. The van der Waals surface area contributed by atoms with Crippen molar-refractivity contribution in [3.05, 3.63) is 0 Å². The maximum atomic E-state index is 8.44. The fourth-order valence-electron chi connectivity index (χ4n) is 1.27. The van der Waals surface area contributed by atoms with Gasteiger partial charge in [-0.15, -0.1) is 0 Å². The first-order valence-electron chi connectivity index (χ1n) is 5.22. The van der Waals surface area contributed by atoms with Gasteiger partial charge in [-0.05, 0) is 11.8 Å². The van der Waals surface area contributed by atoms with Crippen molar-refractivity contribution < 1.29 is 5.21 Å². The molecule has 0 aromatic rings. The van der Waals surface area contributed by atoms with E-state index in [1.54, 1.807) is 0 Å². The highest BCUT2D eigenvalue weighted by Crippen LogP contribution is 2.23. The molecule has 4 nitrogen and oxygen atoms in total. The number of aliphatic imine (C=N–C) groups is 1. The molecule has 0 aliphatic carbocycles. The van der Waals surface area contributed by atoms with Gasteiger partial charge >= 0.3 is 0 Å². The fraction of sp³-hybridized carbons (Fsp3) is 0.900. The first-order chi connectivity index (χ1) is 6.52. The highest BCUT2D eigenvalue weighted by Gasteiger charge is 2.16. The lowest BCUT2D eigenvalue weighted by atomic mass is 9.87. The summed E-state index contributed by atoms with van der Waals surface area (Å²) in [5.74, 6) is 0.0913. The second kappa shape index (κ2) is 6.65. The summed E-state index contributed by atoms with van der Waals surface area (Å²) in [6.07, 6.45) is 4.87. The smallest absolute Gasteiger partial charge is 0.212 e. The van der Waals surface area contributed by atoms with Crippen molar-refractivity contribution >= 4 is 5.96 Å². The summed E-state index contributed by atoms with van der Waals surface area (Å²) in [7, 11) is 0. The van der Waals surface area contributed by atoms with Crippen LogP contribution in [0.4, 0.5) is 0 Å². The largest absolute Gasteiger partial charge is 0.368 e. The third-order valence-electron chi connectivity index (χ3n) is 2.25. The van der Waals surface area contributed by atoms with Crippen LogP contribution in [0.25, 0.3) is 0 Å². The lowest BCUT2D eigenvalue weighted by molar-refractivity contribution is 0.231. The Morgan fingerprint density at radius 1 is 1.43 bits per heavy atom. The average Bonchev–Trinajstić information content (AvgIpc) is 2.14. The molecule has 0 bridgehead atoms. The van der Waals surface area contributed by atoms with E-state index < -0.39 is 0 Å². The van der Waals surface area contributed by atoms with Gasteiger partial charge in [0.25, 0.3) is 0 Å². The van der Waals surface area contributed by atoms with Crippen LogP contribution in [0.1, 0.15) is 46.5 Å². The number of nitrogens with zero attached hydrogens (tertiary/aromatic N) is 1. The number of unbranched alkanes of at least 4 members (excludes halogenated alkanes) is 2. The Kier molecular flexibility index (Phi) is 6.28. The topological polar surface area (TPSA) is 70.6 Å². The van der Waals surface area contributed by atoms with Crippen LogP contribution in [0, 0.1) is 5.41 Å². The van der Waals surface area contributed by atoms with Crippen molar-refractivity contribution in [3.8, 4) is 0 Å². The molecule has 84 valence electrons. The maximum Gasteiger partial charge on any atom is 0.212 e. The Bertz CT molecular complexity index is 178. The Morgan fingerprint density at radius 3 is 2.57 bits per heavy atom. The predicted molar refractivity (Wildman–Crippen MR) is 59.3 cm³/mol. The predicted octanol–water partition coefficient (Wildman–Crippen LogP) is 1.89. The van der Waals surface area contributed by atoms with Crippen LogP contribution in [-0.4, -0.2) is 17.7 Å². The van der Waals surface area contributed by atoms with Crippen molar-refractivity contribution in [2.45, 2.75) is 46.5 Å². The van der Waals surface area contributed by atoms with E-state index in [4.69, 9.17) is 10.9 Å². The van der Waals surface area contributed by atoms with Gasteiger partial charge in [-0.3, -0.25) is 10.2 Å². The van der Waals surface area contributed by atoms with Crippen molar-refractivity contribution in [3.63, 3.8) is 0 Å². The monoisotopic (exact) mass is 201 g/mol. The van der Waals surface area contributed by atoms with Crippen LogP contribution >= 0.6 is 0 Å². The lowest BCUT2D eigenvalue weighted by Crippen LogP contribution is -2.30. The second-order valence-electron chi connectivity index (χ2n) is 4.43. The third-order valence-corrected chi connectivity index (χ3v) is 2.25. The Morgan fingerprint density at radius 2 is 2.07 bits per heavy atom. The highest BCUT2D eigenvalue weighted by molar-refractivity contribution is 5.76.